The Balaban J connectivity index is 1.82. The third kappa shape index (κ3) is 2.18. The lowest BCUT2D eigenvalue weighted by atomic mass is 10.1. The second-order valence-corrected chi connectivity index (χ2v) is 4.88. The minimum Gasteiger partial charge on any atom is -0.478 e. The van der Waals surface area contributed by atoms with Gasteiger partial charge in [-0.1, -0.05) is 9.59 Å². The predicted octanol–water partition coefficient (Wildman–Crippen LogP) is 1.23. The molecule has 2 amide bonds. The molecule has 0 fully saturated rings. The van der Waals surface area contributed by atoms with Gasteiger partial charge in [-0.3, -0.25) is 10.2 Å². The first-order valence-corrected chi connectivity index (χ1v) is 6.52. The molecule has 0 unspecified atom stereocenters. The molecule has 3 rings (SSSR count). The first-order chi connectivity index (χ1) is 9.65. The van der Waals surface area contributed by atoms with Crippen LogP contribution in [0.3, 0.4) is 0 Å². The van der Waals surface area contributed by atoms with Gasteiger partial charge in [-0.25, -0.2) is 9.59 Å². The third-order valence-corrected chi connectivity index (χ3v) is 3.49. The molecule has 102 valence electrons. The number of amides is 2. The van der Waals surface area contributed by atoms with Crippen molar-refractivity contribution in [3.63, 3.8) is 0 Å². The summed E-state index contributed by atoms with van der Waals surface area (Å²) in [5, 5.41) is 18.9. The summed E-state index contributed by atoms with van der Waals surface area (Å²) in [6.07, 6.45) is 0.623. The Bertz CT molecular complexity index is 673. The highest BCUT2D eigenvalue weighted by atomic mass is 32.1. The van der Waals surface area contributed by atoms with Crippen LogP contribution in [-0.4, -0.2) is 38.5 Å². The standard InChI is InChI=1S/C11H9N5O3S/c17-9(18)7-1-2-8-6(5-7)3-4-16(8)11(19)12-10-13-14-15-20-10/h1-2,5H,3-4H2,(H,17,18)(H,12,13,15,19). The molecule has 1 aliphatic heterocycles. The van der Waals surface area contributed by atoms with Gasteiger partial charge in [0, 0.05) is 23.8 Å². The fourth-order valence-corrected chi connectivity index (χ4v) is 2.44. The lowest BCUT2D eigenvalue weighted by Crippen LogP contribution is -2.33. The summed E-state index contributed by atoms with van der Waals surface area (Å²) < 4.78 is 3.56. The van der Waals surface area contributed by atoms with Gasteiger partial charge in [-0.15, -0.1) is 0 Å². The molecular weight excluding hydrogens is 282 g/mol. The molecule has 2 aromatic rings. The van der Waals surface area contributed by atoms with Crippen LogP contribution >= 0.6 is 11.5 Å². The molecule has 0 bridgehead atoms. The van der Waals surface area contributed by atoms with Gasteiger partial charge >= 0.3 is 12.0 Å². The summed E-state index contributed by atoms with van der Waals surface area (Å²) in [7, 11) is 0. The van der Waals surface area contributed by atoms with Crippen molar-refractivity contribution in [1.82, 2.24) is 14.8 Å². The first-order valence-electron chi connectivity index (χ1n) is 5.75. The normalized spacial score (nSPS) is 13.1. The van der Waals surface area contributed by atoms with Crippen LogP contribution in [0.4, 0.5) is 15.6 Å². The van der Waals surface area contributed by atoms with Crippen LogP contribution in [-0.2, 0) is 6.42 Å². The number of aromatic carboxylic acids is 1. The maximum Gasteiger partial charge on any atom is 0.335 e. The van der Waals surface area contributed by atoms with E-state index in [4.69, 9.17) is 5.11 Å². The van der Waals surface area contributed by atoms with Crippen molar-refractivity contribution >= 4 is 34.4 Å². The van der Waals surface area contributed by atoms with Gasteiger partial charge in [0.05, 0.1) is 5.56 Å². The molecule has 0 saturated heterocycles. The van der Waals surface area contributed by atoms with Crippen molar-refractivity contribution in [3.05, 3.63) is 29.3 Å². The Morgan fingerprint density at radius 2 is 2.25 bits per heavy atom. The molecule has 1 aromatic carbocycles. The molecule has 0 saturated carbocycles. The number of hydrogen-bond acceptors (Lipinski definition) is 6. The number of hydrogen-bond donors (Lipinski definition) is 2. The quantitative estimate of drug-likeness (QED) is 0.861. The SMILES string of the molecule is O=C(O)c1ccc2c(c1)CCN2C(=O)Nc1nnns1. The van der Waals surface area contributed by atoms with Gasteiger partial charge in [0.25, 0.3) is 0 Å². The number of aromatic nitrogens is 3. The van der Waals surface area contributed by atoms with E-state index in [2.05, 4.69) is 20.1 Å². The maximum absolute atomic E-state index is 12.1. The number of fused-ring (bicyclic) bond motifs is 1. The van der Waals surface area contributed by atoms with Crippen LogP contribution in [0.15, 0.2) is 18.2 Å². The number of carbonyl (C=O) groups excluding carboxylic acids is 1. The molecule has 0 atom stereocenters. The Morgan fingerprint density at radius 3 is 2.95 bits per heavy atom. The smallest absolute Gasteiger partial charge is 0.335 e. The molecule has 9 heteroatoms. The molecule has 1 aromatic heterocycles. The number of benzene rings is 1. The minimum absolute atomic E-state index is 0.222. The van der Waals surface area contributed by atoms with E-state index in [0.29, 0.717) is 23.8 Å². The van der Waals surface area contributed by atoms with Gasteiger partial charge in [0.1, 0.15) is 0 Å². The summed E-state index contributed by atoms with van der Waals surface area (Å²) in [6, 6.07) is 4.39. The average Bonchev–Trinajstić information content (AvgIpc) is 3.06. The minimum atomic E-state index is -0.976. The van der Waals surface area contributed by atoms with Crippen LogP contribution in [0.1, 0.15) is 15.9 Å². The van der Waals surface area contributed by atoms with Crippen molar-refractivity contribution < 1.29 is 14.7 Å². The number of anilines is 2. The van der Waals surface area contributed by atoms with Crippen LogP contribution in [0, 0.1) is 0 Å². The molecule has 0 spiro atoms. The lowest BCUT2D eigenvalue weighted by Gasteiger charge is -2.16. The fraction of sp³-hybridized carbons (Fsp3) is 0.182. The van der Waals surface area contributed by atoms with Gasteiger partial charge in [0.2, 0.25) is 5.13 Å². The van der Waals surface area contributed by atoms with E-state index in [1.165, 1.54) is 6.07 Å². The second-order valence-electron chi connectivity index (χ2n) is 4.15. The predicted molar refractivity (Wildman–Crippen MR) is 71.2 cm³/mol. The van der Waals surface area contributed by atoms with Crippen molar-refractivity contribution in [2.45, 2.75) is 6.42 Å². The van der Waals surface area contributed by atoms with E-state index >= 15 is 0 Å². The van der Waals surface area contributed by atoms with Crippen molar-refractivity contribution in [1.29, 1.82) is 0 Å². The highest BCUT2D eigenvalue weighted by Gasteiger charge is 2.26. The highest BCUT2D eigenvalue weighted by molar-refractivity contribution is 7.09. The Kier molecular flexibility index (Phi) is 3.03. The first kappa shape index (κ1) is 12.5. The van der Waals surface area contributed by atoms with E-state index in [9.17, 15) is 9.59 Å². The molecular formula is C11H9N5O3S. The summed E-state index contributed by atoms with van der Waals surface area (Å²) in [4.78, 5) is 24.6. The van der Waals surface area contributed by atoms with E-state index < -0.39 is 5.97 Å². The Morgan fingerprint density at radius 1 is 1.40 bits per heavy atom. The summed E-state index contributed by atoms with van der Waals surface area (Å²) in [5.41, 5.74) is 1.78. The lowest BCUT2D eigenvalue weighted by molar-refractivity contribution is 0.0697. The zero-order valence-electron chi connectivity index (χ0n) is 10.1. The van der Waals surface area contributed by atoms with Crippen LogP contribution in [0.5, 0.6) is 0 Å². The molecule has 1 aliphatic rings. The molecule has 2 heterocycles. The maximum atomic E-state index is 12.1. The van der Waals surface area contributed by atoms with E-state index in [0.717, 1.165) is 17.1 Å². The number of rotatable bonds is 2. The highest BCUT2D eigenvalue weighted by Crippen LogP contribution is 2.29. The Labute approximate surface area is 117 Å². The zero-order chi connectivity index (χ0) is 14.1. The molecule has 0 aliphatic carbocycles. The second kappa shape index (κ2) is 4.85. The van der Waals surface area contributed by atoms with Gasteiger partial charge in [-0.05, 0) is 35.4 Å². The van der Waals surface area contributed by atoms with Crippen LogP contribution in [0.25, 0.3) is 0 Å². The number of carbonyl (C=O) groups is 2. The molecule has 0 radical (unpaired) electrons. The topological polar surface area (TPSA) is 108 Å². The number of carboxylic acid groups (broad SMARTS) is 1. The van der Waals surface area contributed by atoms with Gasteiger partial charge in [0.15, 0.2) is 0 Å². The van der Waals surface area contributed by atoms with Crippen LogP contribution < -0.4 is 10.2 Å². The van der Waals surface area contributed by atoms with E-state index in [-0.39, 0.29) is 11.6 Å². The fourth-order valence-electron chi connectivity index (χ4n) is 2.09. The number of urea groups is 1. The molecule has 8 nitrogen and oxygen atoms in total. The monoisotopic (exact) mass is 291 g/mol. The number of nitrogens with one attached hydrogen (secondary N) is 1. The van der Waals surface area contributed by atoms with Gasteiger partial charge in [-0.2, -0.15) is 0 Å². The zero-order valence-corrected chi connectivity index (χ0v) is 10.9. The summed E-state index contributed by atoms with van der Waals surface area (Å²) in [5.74, 6) is -0.976. The molecule has 2 N–H and O–H groups in total. The molecule has 20 heavy (non-hydrogen) atoms. The van der Waals surface area contributed by atoms with Gasteiger partial charge < -0.3 is 5.11 Å². The van der Waals surface area contributed by atoms with E-state index in [1.54, 1.807) is 17.0 Å². The van der Waals surface area contributed by atoms with Crippen molar-refractivity contribution in [2.75, 3.05) is 16.8 Å². The van der Waals surface area contributed by atoms with Crippen molar-refractivity contribution in [2.24, 2.45) is 0 Å². The number of carboxylic acids is 1. The van der Waals surface area contributed by atoms with Crippen molar-refractivity contribution in [3.8, 4) is 0 Å². The van der Waals surface area contributed by atoms with E-state index in [1.807, 2.05) is 0 Å². The summed E-state index contributed by atoms with van der Waals surface area (Å²) in [6.45, 7) is 0.496. The third-order valence-electron chi connectivity index (χ3n) is 2.98. The average molecular weight is 291 g/mol. The largest absolute Gasteiger partial charge is 0.478 e. The van der Waals surface area contributed by atoms with Crippen LogP contribution in [0.2, 0.25) is 0 Å². The summed E-state index contributed by atoms with van der Waals surface area (Å²) >= 11 is 0.989. The number of nitrogens with zero attached hydrogens (tertiary/aromatic N) is 4. The Hall–Kier alpha value is -2.55.